The van der Waals surface area contributed by atoms with Crippen LogP contribution in [0.15, 0.2) is 31.6 Å². The molecule has 2 aliphatic rings. The fourth-order valence-electron chi connectivity index (χ4n) is 5.36. The topological polar surface area (TPSA) is 181 Å². The van der Waals surface area contributed by atoms with E-state index in [0.29, 0.717) is 12.8 Å². The molecule has 0 spiro atoms. The number of unbranched alkanes of at least 4 members (excludes halogenated alkanes) is 5. The van der Waals surface area contributed by atoms with Crippen LogP contribution in [0.5, 0.6) is 0 Å². The average molecular weight is 655 g/mol. The molecule has 0 aliphatic carbocycles. The molecular formula is C30H40F2N4O10. The minimum Gasteiger partial charge on any atom is -0.463 e. The molecule has 2 aromatic rings. The van der Waals surface area contributed by atoms with Gasteiger partial charge in [0.05, 0.1) is 0 Å². The Labute approximate surface area is 262 Å². The lowest BCUT2D eigenvalue weighted by Gasteiger charge is -2.16. The zero-order valence-corrected chi connectivity index (χ0v) is 25.8. The van der Waals surface area contributed by atoms with Gasteiger partial charge in [-0.2, -0.15) is 0 Å². The molecule has 2 aliphatic heterocycles. The van der Waals surface area contributed by atoms with E-state index in [-0.39, 0.29) is 50.0 Å². The van der Waals surface area contributed by atoms with Crippen LogP contribution >= 0.6 is 0 Å². The van der Waals surface area contributed by atoms with E-state index in [1.807, 2.05) is 0 Å². The van der Waals surface area contributed by atoms with Crippen LogP contribution in [0.2, 0.25) is 0 Å². The first-order valence-electron chi connectivity index (χ1n) is 15.5. The minimum atomic E-state index is -1.44. The van der Waals surface area contributed by atoms with Crippen LogP contribution in [-0.4, -0.2) is 68.8 Å². The highest BCUT2D eigenvalue weighted by Crippen LogP contribution is 2.31. The average Bonchev–Trinajstić information content (AvgIpc) is 3.57. The molecule has 46 heavy (non-hydrogen) atoms. The van der Waals surface area contributed by atoms with Gasteiger partial charge < -0.3 is 18.9 Å². The summed E-state index contributed by atoms with van der Waals surface area (Å²) < 4.78 is 52.6. The first-order valence-corrected chi connectivity index (χ1v) is 15.5. The molecule has 14 nitrogen and oxygen atoms in total. The van der Waals surface area contributed by atoms with Gasteiger partial charge in [0.1, 0.15) is 50.2 Å². The lowest BCUT2D eigenvalue weighted by Crippen LogP contribution is -2.33. The lowest BCUT2D eigenvalue weighted by molar-refractivity contribution is -0.150. The van der Waals surface area contributed by atoms with Gasteiger partial charge in [0, 0.05) is 49.2 Å². The minimum absolute atomic E-state index is 0.110. The zero-order valence-electron chi connectivity index (χ0n) is 25.8. The second-order valence-electron chi connectivity index (χ2n) is 11.7. The van der Waals surface area contributed by atoms with Crippen molar-refractivity contribution in [3.05, 3.63) is 65.2 Å². The Bertz CT molecular complexity index is 1480. The Balaban J connectivity index is 1.02. The summed E-state index contributed by atoms with van der Waals surface area (Å²) >= 11 is 0. The van der Waals surface area contributed by atoms with E-state index < -0.39 is 71.4 Å². The molecule has 16 heteroatoms. The van der Waals surface area contributed by atoms with Crippen molar-refractivity contribution in [1.82, 2.24) is 19.1 Å². The maximum atomic E-state index is 14.5. The standard InChI is InChI=1S/C30H40F2N4O10/c1-17-13-35(29(41)33-27(17)39)23-11-19(31)21(45-23)15-43-25(37)9-7-5-3-4-6-8-10-26(38)44-16-22-20(32)12-24(46-22)36-14-18(2)28(40)34-30(36)42/h13-14,19-24H,3-12,15-16H2,1-2H3,(H,33,39,41)(H,34,40,42)/t19-,20-,21+,22+,23+,24+/m0/s1. The molecule has 2 N–H and O–H groups in total. The Morgan fingerprint density at radius 3 is 1.48 bits per heavy atom. The highest BCUT2D eigenvalue weighted by Gasteiger charge is 2.39. The van der Waals surface area contributed by atoms with Crippen LogP contribution in [0.4, 0.5) is 8.78 Å². The van der Waals surface area contributed by atoms with E-state index in [4.69, 9.17) is 18.9 Å². The Morgan fingerprint density at radius 2 is 1.09 bits per heavy atom. The van der Waals surface area contributed by atoms with Gasteiger partial charge in [0.2, 0.25) is 0 Å². The van der Waals surface area contributed by atoms with Gasteiger partial charge >= 0.3 is 23.3 Å². The Morgan fingerprint density at radius 1 is 0.717 bits per heavy atom. The van der Waals surface area contributed by atoms with E-state index in [0.717, 1.165) is 34.8 Å². The highest BCUT2D eigenvalue weighted by atomic mass is 19.1. The van der Waals surface area contributed by atoms with Gasteiger partial charge in [0.15, 0.2) is 0 Å². The molecule has 0 aromatic carbocycles. The number of carbonyl (C=O) groups is 2. The molecule has 6 atom stereocenters. The third-order valence-electron chi connectivity index (χ3n) is 8.07. The van der Waals surface area contributed by atoms with Gasteiger partial charge in [-0.25, -0.2) is 18.4 Å². The number of carbonyl (C=O) groups excluding carboxylic acids is 2. The lowest BCUT2D eigenvalue weighted by atomic mass is 10.1. The quantitative estimate of drug-likeness (QED) is 0.213. The summed E-state index contributed by atoms with van der Waals surface area (Å²) in [4.78, 5) is 75.7. The predicted molar refractivity (Wildman–Crippen MR) is 158 cm³/mol. The molecular weight excluding hydrogens is 614 g/mol. The summed E-state index contributed by atoms with van der Waals surface area (Å²) in [7, 11) is 0. The van der Waals surface area contributed by atoms with Crippen LogP contribution in [0.25, 0.3) is 0 Å². The van der Waals surface area contributed by atoms with Crippen LogP contribution in [0.3, 0.4) is 0 Å². The zero-order chi connectivity index (χ0) is 33.4. The molecule has 0 unspecified atom stereocenters. The predicted octanol–water partition coefficient (Wildman–Crippen LogP) is 2.16. The monoisotopic (exact) mass is 654 g/mol. The van der Waals surface area contributed by atoms with Gasteiger partial charge in [0.25, 0.3) is 11.1 Å². The van der Waals surface area contributed by atoms with E-state index in [2.05, 4.69) is 9.97 Å². The number of halogens is 2. The number of nitrogens with zero attached hydrogens (tertiary/aromatic N) is 2. The molecule has 4 heterocycles. The van der Waals surface area contributed by atoms with Gasteiger partial charge in [-0.15, -0.1) is 0 Å². The number of rotatable bonds is 15. The molecule has 2 saturated heterocycles. The normalized spacial score (nSPS) is 24.3. The van der Waals surface area contributed by atoms with Gasteiger partial charge in [-0.05, 0) is 26.7 Å². The summed E-state index contributed by atoms with van der Waals surface area (Å²) in [5.74, 6) is -0.957. The van der Waals surface area contributed by atoms with Crippen molar-refractivity contribution in [2.75, 3.05) is 13.2 Å². The second kappa shape index (κ2) is 16.1. The molecule has 254 valence electrons. The number of alkyl halides is 2. The number of ether oxygens (including phenoxy) is 4. The summed E-state index contributed by atoms with van der Waals surface area (Å²) in [6, 6.07) is 0. The van der Waals surface area contributed by atoms with E-state index in [9.17, 15) is 37.5 Å². The molecule has 2 fully saturated rings. The van der Waals surface area contributed by atoms with Crippen molar-refractivity contribution in [2.24, 2.45) is 0 Å². The van der Waals surface area contributed by atoms with E-state index in [1.54, 1.807) is 0 Å². The maximum absolute atomic E-state index is 14.5. The summed E-state index contributed by atoms with van der Waals surface area (Å²) in [5, 5.41) is 0. The van der Waals surface area contributed by atoms with Crippen LogP contribution < -0.4 is 22.5 Å². The number of esters is 2. The number of aromatic amines is 2. The van der Waals surface area contributed by atoms with Crippen LogP contribution in [0.1, 0.15) is 87.8 Å². The fourth-order valence-corrected chi connectivity index (χ4v) is 5.36. The number of nitrogens with one attached hydrogen (secondary N) is 2. The first kappa shape index (κ1) is 34.9. The fraction of sp³-hybridized carbons (Fsp3) is 0.667. The van der Waals surface area contributed by atoms with Gasteiger partial charge in [-0.3, -0.25) is 38.3 Å². The van der Waals surface area contributed by atoms with Gasteiger partial charge in [-0.1, -0.05) is 25.7 Å². The Kier molecular flexibility index (Phi) is 12.2. The summed E-state index contributed by atoms with van der Waals surface area (Å²) in [5.41, 5.74) is -1.88. The number of hydrogen-bond acceptors (Lipinski definition) is 10. The second-order valence-corrected chi connectivity index (χ2v) is 11.7. The molecule has 0 bridgehead atoms. The van der Waals surface area contributed by atoms with Crippen molar-refractivity contribution in [1.29, 1.82) is 0 Å². The van der Waals surface area contributed by atoms with Crippen molar-refractivity contribution >= 4 is 11.9 Å². The van der Waals surface area contributed by atoms with E-state index in [1.165, 1.54) is 26.2 Å². The SMILES string of the molecule is Cc1cn([C@H]2C[C@H](F)[C@@H](COC(=O)CCCCCCCCC(=O)OC[C@H]3O[C@@H](n4cc(C)c(=O)[nH]c4=O)C[C@@H]3F)O2)c(=O)[nH]c1=O. The molecule has 2 aromatic heterocycles. The molecule has 0 radical (unpaired) electrons. The summed E-state index contributed by atoms with van der Waals surface area (Å²) in [6.07, 6.45) is 0.348. The van der Waals surface area contributed by atoms with Crippen LogP contribution in [-0.2, 0) is 28.5 Å². The third kappa shape index (κ3) is 9.31. The van der Waals surface area contributed by atoms with Crippen molar-refractivity contribution in [2.45, 2.75) is 115 Å². The molecule has 0 amide bonds. The number of H-pyrrole nitrogens is 2. The maximum Gasteiger partial charge on any atom is 0.330 e. The van der Waals surface area contributed by atoms with Crippen LogP contribution in [0, 0.1) is 13.8 Å². The van der Waals surface area contributed by atoms with Crippen molar-refractivity contribution in [3.63, 3.8) is 0 Å². The van der Waals surface area contributed by atoms with Crippen molar-refractivity contribution in [3.8, 4) is 0 Å². The largest absolute Gasteiger partial charge is 0.463 e. The number of aryl methyl sites for hydroxylation is 2. The first-order chi connectivity index (χ1) is 21.9. The highest BCUT2D eigenvalue weighted by molar-refractivity contribution is 5.69. The number of hydrogen-bond donors (Lipinski definition) is 2. The molecule has 0 saturated carbocycles. The number of aromatic nitrogens is 4. The Hall–Kier alpha value is -3.92. The van der Waals surface area contributed by atoms with Crippen molar-refractivity contribution < 1.29 is 37.3 Å². The third-order valence-corrected chi connectivity index (χ3v) is 8.07. The van der Waals surface area contributed by atoms with E-state index >= 15 is 0 Å². The summed E-state index contributed by atoms with van der Waals surface area (Å²) in [6.45, 7) is 2.48. The molecule has 4 rings (SSSR count). The smallest absolute Gasteiger partial charge is 0.330 e.